The third-order valence-corrected chi connectivity index (χ3v) is 6.35. The summed E-state index contributed by atoms with van der Waals surface area (Å²) in [6, 6.07) is 8.46. The lowest BCUT2D eigenvalue weighted by atomic mass is 9.92. The summed E-state index contributed by atoms with van der Waals surface area (Å²) in [6.07, 6.45) is 1.41. The van der Waals surface area contributed by atoms with Crippen LogP contribution >= 0.6 is 0 Å². The van der Waals surface area contributed by atoms with E-state index in [0.29, 0.717) is 28.1 Å². The van der Waals surface area contributed by atoms with Gasteiger partial charge in [-0.05, 0) is 49.9 Å². The first kappa shape index (κ1) is 23.7. The van der Waals surface area contributed by atoms with Crippen LogP contribution in [0.4, 0.5) is 24.8 Å². The van der Waals surface area contributed by atoms with Gasteiger partial charge in [-0.15, -0.1) is 0 Å². The van der Waals surface area contributed by atoms with Gasteiger partial charge in [0, 0.05) is 23.4 Å². The summed E-state index contributed by atoms with van der Waals surface area (Å²) in [4.78, 5) is 25.0. The van der Waals surface area contributed by atoms with Gasteiger partial charge >= 0.3 is 6.18 Å². The second-order valence-corrected chi connectivity index (χ2v) is 8.78. The highest BCUT2D eigenvalue weighted by Crippen LogP contribution is 2.36. The molecule has 0 radical (unpaired) electrons. The monoisotopic (exact) mass is 496 g/mol. The predicted molar refractivity (Wildman–Crippen MR) is 128 cm³/mol. The van der Waals surface area contributed by atoms with E-state index in [4.69, 9.17) is 16.6 Å². The number of amides is 1. The number of benzene rings is 1. The Morgan fingerprint density at radius 1 is 1.03 bits per heavy atom. The molecule has 1 aromatic carbocycles. The Morgan fingerprint density at radius 2 is 1.75 bits per heavy atom. The molecule has 4 aromatic rings. The van der Waals surface area contributed by atoms with E-state index >= 15 is 0 Å². The molecule has 0 bridgehead atoms. The number of pyridine rings is 1. The van der Waals surface area contributed by atoms with Crippen molar-refractivity contribution in [3.05, 3.63) is 60.0 Å². The minimum atomic E-state index is -4.54. The molecule has 1 fully saturated rings. The van der Waals surface area contributed by atoms with Crippen molar-refractivity contribution in [3.8, 4) is 11.3 Å². The summed E-state index contributed by atoms with van der Waals surface area (Å²) in [6.45, 7) is 0. The molecule has 0 saturated heterocycles. The zero-order valence-corrected chi connectivity index (χ0v) is 19.0. The normalized spacial score (nSPS) is 18.3. The smallest absolute Gasteiger partial charge is 0.383 e. The quantitative estimate of drug-likeness (QED) is 0.385. The fourth-order valence-corrected chi connectivity index (χ4v) is 4.44. The van der Waals surface area contributed by atoms with Gasteiger partial charge in [-0.2, -0.15) is 18.3 Å². The first-order valence-electron chi connectivity index (χ1n) is 11.4. The van der Waals surface area contributed by atoms with E-state index in [1.54, 1.807) is 24.3 Å². The highest BCUT2D eigenvalue weighted by molar-refractivity contribution is 6.04. The number of rotatable bonds is 4. The molecule has 1 aliphatic carbocycles. The number of alkyl halides is 3. The van der Waals surface area contributed by atoms with Gasteiger partial charge in [-0.25, -0.2) is 19.6 Å². The van der Waals surface area contributed by atoms with Crippen molar-refractivity contribution in [1.29, 1.82) is 0 Å². The van der Waals surface area contributed by atoms with E-state index in [-0.39, 0.29) is 23.5 Å². The number of nitrogens with one attached hydrogen (secondary N) is 1. The van der Waals surface area contributed by atoms with Crippen molar-refractivity contribution >= 4 is 28.6 Å². The molecule has 5 rings (SSSR count). The summed E-state index contributed by atoms with van der Waals surface area (Å²) < 4.78 is 40.7. The van der Waals surface area contributed by atoms with Crippen LogP contribution < -0.4 is 16.8 Å². The number of nitrogen functional groups attached to an aromatic ring is 1. The second kappa shape index (κ2) is 9.19. The lowest BCUT2D eigenvalue weighted by Crippen LogP contribution is -2.28. The molecule has 5 N–H and O–H groups in total. The molecular formula is C24H23F3N8O. The molecule has 12 heteroatoms. The number of hydrogen-bond acceptors (Lipinski definition) is 7. The topological polar surface area (TPSA) is 138 Å². The fraction of sp³-hybridized carbons (Fsp3) is 0.292. The van der Waals surface area contributed by atoms with E-state index in [1.807, 2.05) is 4.68 Å². The number of anilines is 2. The lowest BCUT2D eigenvalue weighted by molar-refractivity contribution is -0.137. The number of nitrogens with zero attached hydrogens (tertiary/aromatic N) is 5. The summed E-state index contributed by atoms with van der Waals surface area (Å²) in [5, 5.41) is 7.84. The minimum absolute atomic E-state index is 0.139. The van der Waals surface area contributed by atoms with Crippen molar-refractivity contribution in [2.24, 2.45) is 5.73 Å². The highest BCUT2D eigenvalue weighted by Gasteiger charge is 2.31. The standard InChI is InChI=1S/C24H23F3N8O/c25-24(26,27)15-9-10-30-18(11-15)33-23(36)14-3-1-13(2-4-14)20-19-21(29)31-12-32-22(19)35(34-20)17-7-5-16(28)6-8-17/h1-4,9-12,16-17H,5-8,28H2,(H2,29,31,32)(H,30,33,36). The van der Waals surface area contributed by atoms with Gasteiger partial charge in [-0.1, -0.05) is 12.1 Å². The first-order valence-corrected chi connectivity index (χ1v) is 11.4. The van der Waals surface area contributed by atoms with Crippen LogP contribution in [-0.4, -0.2) is 36.7 Å². The molecule has 1 saturated carbocycles. The molecule has 9 nitrogen and oxygen atoms in total. The molecule has 0 aliphatic heterocycles. The van der Waals surface area contributed by atoms with Crippen LogP contribution in [0.1, 0.15) is 47.6 Å². The molecule has 1 aliphatic rings. The van der Waals surface area contributed by atoms with Crippen LogP contribution in [-0.2, 0) is 6.18 Å². The van der Waals surface area contributed by atoms with Crippen molar-refractivity contribution in [2.45, 2.75) is 43.9 Å². The van der Waals surface area contributed by atoms with Crippen molar-refractivity contribution in [2.75, 3.05) is 11.1 Å². The van der Waals surface area contributed by atoms with E-state index in [9.17, 15) is 18.0 Å². The molecular weight excluding hydrogens is 473 g/mol. The Balaban J connectivity index is 1.42. The number of carbonyl (C=O) groups excluding carboxylic acids is 1. The molecule has 1 amide bonds. The Labute approximate surface area is 203 Å². The number of nitrogens with two attached hydrogens (primary N) is 2. The maximum atomic E-state index is 12.9. The van der Waals surface area contributed by atoms with Gasteiger partial charge in [0.25, 0.3) is 5.91 Å². The minimum Gasteiger partial charge on any atom is -0.383 e. The van der Waals surface area contributed by atoms with Gasteiger partial charge < -0.3 is 16.8 Å². The number of halogens is 3. The number of fused-ring (bicyclic) bond motifs is 1. The molecule has 186 valence electrons. The second-order valence-electron chi connectivity index (χ2n) is 8.78. The summed E-state index contributed by atoms with van der Waals surface area (Å²) in [5.74, 6) is -0.489. The number of hydrogen-bond donors (Lipinski definition) is 3. The van der Waals surface area contributed by atoms with Crippen LogP contribution in [0.15, 0.2) is 48.9 Å². The van der Waals surface area contributed by atoms with Gasteiger partial charge in [0.05, 0.1) is 17.0 Å². The number of aromatic nitrogens is 5. The lowest BCUT2D eigenvalue weighted by Gasteiger charge is -2.26. The van der Waals surface area contributed by atoms with Crippen molar-refractivity contribution < 1.29 is 18.0 Å². The molecule has 36 heavy (non-hydrogen) atoms. The SMILES string of the molecule is Nc1ncnc2c1c(-c1ccc(C(=O)Nc3cc(C(F)(F)F)ccn3)cc1)nn2C1CCC(N)CC1. The average Bonchev–Trinajstić information content (AvgIpc) is 3.25. The Bertz CT molecular complexity index is 1410. The third-order valence-electron chi connectivity index (χ3n) is 6.35. The fourth-order valence-electron chi connectivity index (χ4n) is 4.44. The third kappa shape index (κ3) is 4.59. The molecule has 0 spiro atoms. The Kier molecular flexibility index (Phi) is 6.04. The van der Waals surface area contributed by atoms with Crippen molar-refractivity contribution in [3.63, 3.8) is 0 Å². The summed E-state index contributed by atoms with van der Waals surface area (Å²) in [7, 11) is 0. The van der Waals surface area contributed by atoms with Gasteiger partial charge in [0.15, 0.2) is 5.65 Å². The largest absolute Gasteiger partial charge is 0.416 e. The molecule has 3 aromatic heterocycles. The first-order chi connectivity index (χ1) is 17.2. The van der Waals surface area contributed by atoms with Crippen LogP contribution in [0.5, 0.6) is 0 Å². The van der Waals surface area contributed by atoms with Gasteiger partial charge in [0.1, 0.15) is 23.7 Å². The van der Waals surface area contributed by atoms with E-state index in [2.05, 4.69) is 20.3 Å². The molecule has 0 atom stereocenters. The van der Waals surface area contributed by atoms with Gasteiger partial charge in [0.2, 0.25) is 0 Å². The zero-order valence-electron chi connectivity index (χ0n) is 19.0. The van der Waals surface area contributed by atoms with E-state index < -0.39 is 17.6 Å². The van der Waals surface area contributed by atoms with Gasteiger partial charge in [-0.3, -0.25) is 4.79 Å². The van der Waals surface area contributed by atoms with E-state index in [0.717, 1.165) is 44.0 Å². The zero-order chi connectivity index (χ0) is 25.4. The summed E-state index contributed by atoms with van der Waals surface area (Å²) in [5.41, 5.74) is 13.5. The maximum absolute atomic E-state index is 12.9. The predicted octanol–water partition coefficient (Wildman–Crippen LogP) is 4.18. The Hall–Kier alpha value is -4.06. The average molecular weight is 496 g/mol. The van der Waals surface area contributed by atoms with Crippen LogP contribution in [0.3, 0.4) is 0 Å². The van der Waals surface area contributed by atoms with Crippen molar-refractivity contribution in [1.82, 2.24) is 24.7 Å². The molecule has 0 unspecified atom stereocenters. The summed E-state index contributed by atoms with van der Waals surface area (Å²) >= 11 is 0. The van der Waals surface area contributed by atoms with Crippen LogP contribution in [0.25, 0.3) is 22.3 Å². The van der Waals surface area contributed by atoms with Crippen LogP contribution in [0, 0.1) is 0 Å². The van der Waals surface area contributed by atoms with E-state index in [1.165, 1.54) is 6.33 Å². The maximum Gasteiger partial charge on any atom is 0.416 e. The van der Waals surface area contributed by atoms with Crippen LogP contribution in [0.2, 0.25) is 0 Å². The number of carbonyl (C=O) groups is 1. The molecule has 3 heterocycles. The highest BCUT2D eigenvalue weighted by atomic mass is 19.4. The Morgan fingerprint density at radius 3 is 2.44 bits per heavy atom.